The van der Waals surface area contributed by atoms with Gasteiger partial charge in [-0.15, -0.1) is 10.2 Å². The van der Waals surface area contributed by atoms with E-state index in [1.165, 1.54) is 35.6 Å². The molecule has 9 heteroatoms. The zero-order valence-corrected chi connectivity index (χ0v) is 16.9. The van der Waals surface area contributed by atoms with Gasteiger partial charge in [0.15, 0.2) is 0 Å². The molecule has 0 spiro atoms. The third kappa shape index (κ3) is 4.80. The van der Waals surface area contributed by atoms with Crippen LogP contribution < -0.4 is 10.6 Å². The highest BCUT2D eigenvalue weighted by molar-refractivity contribution is 7.13. The maximum atomic E-state index is 13.0. The van der Waals surface area contributed by atoms with Crippen molar-refractivity contribution < 1.29 is 14.0 Å². The molecule has 154 valence electrons. The van der Waals surface area contributed by atoms with Crippen molar-refractivity contribution in [1.29, 1.82) is 0 Å². The number of hydrogen-bond acceptors (Lipinski definition) is 5. The summed E-state index contributed by atoms with van der Waals surface area (Å²) in [4.78, 5) is 26.7. The van der Waals surface area contributed by atoms with E-state index in [1.807, 2.05) is 30.3 Å². The number of aromatic nitrogens is 2. The van der Waals surface area contributed by atoms with E-state index in [4.69, 9.17) is 0 Å². The Morgan fingerprint density at radius 3 is 2.50 bits per heavy atom. The van der Waals surface area contributed by atoms with Gasteiger partial charge in [-0.2, -0.15) is 0 Å². The van der Waals surface area contributed by atoms with Crippen molar-refractivity contribution >= 4 is 34.6 Å². The van der Waals surface area contributed by atoms with Crippen LogP contribution in [0.3, 0.4) is 0 Å². The van der Waals surface area contributed by atoms with Gasteiger partial charge >= 0.3 is 6.03 Å². The van der Waals surface area contributed by atoms with Gasteiger partial charge in [0.1, 0.15) is 10.8 Å². The predicted molar refractivity (Wildman–Crippen MR) is 113 cm³/mol. The van der Waals surface area contributed by atoms with Crippen LogP contribution in [0, 0.1) is 5.82 Å². The molecule has 3 aromatic rings. The molecule has 0 saturated carbocycles. The number of nitrogens with zero attached hydrogens (tertiary/aromatic N) is 3. The van der Waals surface area contributed by atoms with E-state index in [0.717, 1.165) is 23.5 Å². The third-order valence-electron chi connectivity index (χ3n) is 4.82. The van der Waals surface area contributed by atoms with Gasteiger partial charge < -0.3 is 15.5 Å². The monoisotopic (exact) mass is 425 g/mol. The summed E-state index contributed by atoms with van der Waals surface area (Å²) in [5.74, 6) is -0.727. The number of hydrogen-bond donors (Lipinski definition) is 2. The summed E-state index contributed by atoms with van der Waals surface area (Å²) >= 11 is 1.22. The zero-order chi connectivity index (χ0) is 20.9. The standard InChI is InChI=1S/C21H20FN5O2S/c22-15-8-10-17(11-9-15)23-18(28)20-26-25-19(30-20)14-5-4-12-27(13-14)21(29)24-16-6-2-1-3-7-16/h1-3,6-11,14H,4-5,12-13H2,(H,23,28)(H,24,29)/t14-/m0/s1. The van der Waals surface area contributed by atoms with E-state index < -0.39 is 0 Å². The highest BCUT2D eigenvalue weighted by Crippen LogP contribution is 2.29. The average Bonchev–Trinajstić information content (AvgIpc) is 3.27. The molecule has 4 rings (SSSR count). The van der Waals surface area contributed by atoms with Gasteiger partial charge in [-0.25, -0.2) is 9.18 Å². The van der Waals surface area contributed by atoms with Gasteiger partial charge in [0.05, 0.1) is 0 Å². The van der Waals surface area contributed by atoms with E-state index in [1.54, 1.807) is 4.90 Å². The van der Waals surface area contributed by atoms with E-state index in [2.05, 4.69) is 20.8 Å². The number of rotatable bonds is 4. The van der Waals surface area contributed by atoms with Crippen molar-refractivity contribution in [2.45, 2.75) is 18.8 Å². The maximum absolute atomic E-state index is 13.0. The molecule has 30 heavy (non-hydrogen) atoms. The summed E-state index contributed by atoms with van der Waals surface area (Å²) in [5, 5.41) is 14.7. The number of para-hydroxylation sites is 1. The number of anilines is 2. The molecule has 1 atom stereocenters. The van der Waals surface area contributed by atoms with E-state index >= 15 is 0 Å². The van der Waals surface area contributed by atoms with Crippen LogP contribution in [0.5, 0.6) is 0 Å². The Balaban J connectivity index is 1.38. The van der Waals surface area contributed by atoms with Gasteiger partial charge in [0.25, 0.3) is 5.91 Å². The molecule has 1 aliphatic heterocycles. The minimum atomic E-state index is -0.389. The summed E-state index contributed by atoms with van der Waals surface area (Å²) in [5.41, 5.74) is 1.24. The highest BCUT2D eigenvalue weighted by atomic mass is 32.1. The van der Waals surface area contributed by atoms with Gasteiger partial charge in [-0.05, 0) is 49.2 Å². The second-order valence-corrected chi connectivity index (χ2v) is 8.00. The Kier molecular flexibility index (Phi) is 5.99. The minimum Gasteiger partial charge on any atom is -0.324 e. The van der Waals surface area contributed by atoms with Crippen molar-refractivity contribution in [2.24, 2.45) is 0 Å². The average molecular weight is 425 g/mol. The molecule has 0 bridgehead atoms. The molecule has 1 aliphatic rings. The SMILES string of the molecule is O=C(Nc1ccc(F)cc1)c1nnc([C@H]2CCCN(C(=O)Nc3ccccc3)C2)s1. The van der Waals surface area contributed by atoms with Crippen molar-refractivity contribution in [3.63, 3.8) is 0 Å². The fourth-order valence-corrected chi connectivity index (χ4v) is 4.16. The van der Waals surface area contributed by atoms with Crippen LogP contribution in [0.1, 0.15) is 33.6 Å². The number of amides is 3. The number of halogens is 1. The molecule has 7 nitrogen and oxygen atoms in total. The molecule has 0 aliphatic carbocycles. The van der Waals surface area contributed by atoms with Gasteiger partial charge in [0, 0.05) is 30.4 Å². The second kappa shape index (κ2) is 9.00. The van der Waals surface area contributed by atoms with Crippen molar-refractivity contribution in [2.75, 3.05) is 23.7 Å². The number of likely N-dealkylation sites (tertiary alicyclic amines) is 1. The number of benzene rings is 2. The smallest absolute Gasteiger partial charge is 0.321 e. The maximum Gasteiger partial charge on any atom is 0.321 e. The Hall–Kier alpha value is -3.33. The topological polar surface area (TPSA) is 87.2 Å². The zero-order valence-electron chi connectivity index (χ0n) is 16.0. The van der Waals surface area contributed by atoms with Crippen LogP contribution in [0.4, 0.5) is 20.6 Å². The third-order valence-corrected chi connectivity index (χ3v) is 5.90. The number of carbonyl (C=O) groups excluding carboxylic acids is 2. The number of carbonyl (C=O) groups is 2. The predicted octanol–water partition coefficient (Wildman–Crippen LogP) is 4.34. The molecule has 3 amide bonds. The van der Waals surface area contributed by atoms with Gasteiger partial charge in [-0.1, -0.05) is 29.5 Å². The van der Waals surface area contributed by atoms with Gasteiger partial charge in [-0.3, -0.25) is 4.79 Å². The summed E-state index contributed by atoms with van der Waals surface area (Å²) in [6.45, 7) is 1.19. The number of urea groups is 1. The normalized spacial score (nSPS) is 16.2. The summed E-state index contributed by atoms with van der Waals surface area (Å²) in [6.07, 6.45) is 1.73. The minimum absolute atomic E-state index is 0.0325. The van der Waals surface area contributed by atoms with Gasteiger partial charge in [0.2, 0.25) is 5.01 Å². The Bertz CT molecular complexity index is 1030. The molecule has 1 fully saturated rings. The lowest BCUT2D eigenvalue weighted by atomic mass is 9.99. The molecular weight excluding hydrogens is 405 g/mol. The van der Waals surface area contributed by atoms with E-state index in [9.17, 15) is 14.0 Å². The Labute approximate surface area is 176 Å². The summed E-state index contributed by atoms with van der Waals surface area (Å²) in [7, 11) is 0. The summed E-state index contributed by atoms with van der Waals surface area (Å²) < 4.78 is 13.0. The second-order valence-electron chi connectivity index (χ2n) is 6.99. The lowest BCUT2D eigenvalue weighted by molar-refractivity contribution is 0.102. The van der Waals surface area contributed by atoms with Crippen LogP contribution in [0.15, 0.2) is 54.6 Å². The molecule has 1 aromatic heterocycles. The van der Waals surface area contributed by atoms with E-state index in [0.29, 0.717) is 18.8 Å². The van der Waals surface area contributed by atoms with Crippen molar-refractivity contribution in [1.82, 2.24) is 15.1 Å². The largest absolute Gasteiger partial charge is 0.324 e. The molecule has 0 unspecified atom stereocenters. The molecule has 2 N–H and O–H groups in total. The lowest BCUT2D eigenvalue weighted by Crippen LogP contribution is -2.41. The lowest BCUT2D eigenvalue weighted by Gasteiger charge is -2.31. The number of piperidine rings is 1. The highest BCUT2D eigenvalue weighted by Gasteiger charge is 2.28. The number of nitrogens with one attached hydrogen (secondary N) is 2. The fraction of sp³-hybridized carbons (Fsp3) is 0.238. The van der Waals surface area contributed by atoms with Crippen molar-refractivity contribution in [3.8, 4) is 0 Å². The van der Waals surface area contributed by atoms with E-state index in [-0.39, 0.29) is 28.7 Å². The molecular formula is C21H20FN5O2S. The molecule has 0 radical (unpaired) electrons. The molecule has 2 heterocycles. The quantitative estimate of drug-likeness (QED) is 0.651. The molecule has 1 saturated heterocycles. The fourth-order valence-electron chi connectivity index (χ4n) is 3.30. The van der Waals surface area contributed by atoms with Crippen molar-refractivity contribution in [3.05, 3.63) is 70.4 Å². The Morgan fingerprint density at radius 1 is 1.00 bits per heavy atom. The first-order valence-electron chi connectivity index (χ1n) is 9.60. The summed E-state index contributed by atoms with van der Waals surface area (Å²) in [6, 6.07) is 14.7. The van der Waals surface area contributed by atoms with Crippen LogP contribution in [0.25, 0.3) is 0 Å². The first-order chi connectivity index (χ1) is 14.6. The molecule has 2 aromatic carbocycles. The Morgan fingerprint density at radius 2 is 1.73 bits per heavy atom. The van der Waals surface area contributed by atoms with Crippen LogP contribution >= 0.6 is 11.3 Å². The first-order valence-corrected chi connectivity index (χ1v) is 10.4. The van der Waals surface area contributed by atoms with Crippen LogP contribution in [0.2, 0.25) is 0 Å². The first kappa shape index (κ1) is 20.0. The van der Waals surface area contributed by atoms with Crippen LogP contribution in [-0.4, -0.2) is 40.1 Å². The van der Waals surface area contributed by atoms with Crippen LogP contribution in [-0.2, 0) is 0 Å².